The molecule has 158 valence electrons. The molecule has 0 unspecified atom stereocenters. The first-order chi connectivity index (χ1) is 12.7. The molecular formula is C13H24N2O11S. The molecule has 0 aromatic carbocycles. The third-order valence-corrected chi connectivity index (χ3v) is 4.39. The molecule has 0 saturated carbocycles. The molecule has 0 aliphatic carbocycles. The third kappa shape index (κ3) is 4.64. The summed E-state index contributed by atoms with van der Waals surface area (Å²) in [6, 6.07) is 0. The Kier molecular flexibility index (Phi) is 7.65. The Labute approximate surface area is 158 Å². The lowest BCUT2D eigenvalue weighted by Gasteiger charge is -2.43. The van der Waals surface area contributed by atoms with Crippen LogP contribution in [0.15, 0.2) is 0 Å². The Morgan fingerprint density at radius 1 is 1.04 bits per heavy atom. The maximum Gasteiger partial charge on any atom is 0.224 e. The first-order valence-electron chi connectivity index (χ1n) is 7.97. The fraction of sp³-hybridized carbons (Fsp3) is 0.923. The largest absolute Gasteiger partial charge is 0.394 e. The minimum absolute atomic E-state index is 0.195. The zero-order valence-electron chi connectivity index (χ0n) is 14.0. The highest BCUT2D eigenvalue weighted by molar-refractivity contribution is 7.80. The van der Waals surface area contributed by atoms with Gasteiger partial charge in [0.2, 0.25) is 5.79 Å². The monoisotopic (exact) mass is 416 g/mol. The van der Waals surface area contributed by atoms with Crippen molar-refractivity contribution in [3.8, 4) is 0 Å². The van der Waals surface area contributed by atoms with Crippen molar-refractivity contribution in [2.45, 2.75) is 54.8 Å². The van der Waals surface area contributed by atoms with Crippen LogP contribution in [0.3, 0.4) is 0 Å². The number of nitrogens with two attached hydrogens (primary N) is 1. The number of aliphatic hydroxyl groups is 7. The van der Waals surface area contributed by atoms with E-state index in [-0.39, 0.29) is 11.7 Å². The Balaban J connectivity index is 2.11. The number of nitrogens with one attached hydrogen (secondary N) is 1. The predicted octanol–water partition coefficient (Wildman–Crippen LogP) is -5.62. The summed E-state index contributed by atoms with van der Waals surface area (Å²) in [7, 11) is 0. The highest BCUT2D eigenvalue weighted by atomic mass is 32.1. The third-order valence-electron chi connectivity index (χ3n) is 4.31. The molecule has 13 nitrogen and oxygen atoms in total. The van der Waals surface area contributed by atoms with Crippen LogP contribution in [0.4, 0.5) is 0 Å². The van der Waals surface area contributed by atoms with E-state index >= 15 is 0 Å². The van der Waals surface area contributed by atoms with Gasteiger partial charge in [-0.1, -0.05) is 0 Å². The van der Waals surface area contributed by atoms with Crippen LogP contribution in [-0.4, -0.2) is 115 Å². The summed E-state index contributed by atoms with van der Waals surface area (Å²) in [5, 5.41) is 68.7. The molecule has 0 radical (unpaired) electrons. The van der Waals surface area contributed by atoms with Crippen LogP contribution in [0.2, 0.25) is 0 Å². The maximum absolute atomic E-state index is 10.1. The van der Waals surface area contributed by atoms with Gasteiger partial charge in [0, 0.05) is 0 Å². The van der Waals surface area contributed by atoms with Crippen LogP contribution in [0.1, 0.15) is 0 Å². The minimum atomic E-state index is -2.25. The van der Waals surface area contributed by atoms with Crippen molar-refractivity contribution in [1.82, 2.24) is 5.48 Å². The summed E-state index contributed by atoms with van der Waals surface area (Å²) in [6.45, 7) is -2.03. The van der Waals surface area contributed by atoms with Crippen molar-refractivity contribution < 1.29 is 54.8 Å². The van der Waals surface area contributed by atoms with E-state index < -0.39 is 68.0 Å². The van der Waals surface area contributed by atoms with Gasteiger partial charge in [-0.3, -0.25) is 4.84 Å². The topological polar surface area (TPSA) is 217 Å². The lowest BCUT2D eigenvalue weighted by atomic mass is 9.99. The lowest BCUT2D eigenvalue weighted by molar-refractivity contribution is -0.384. The van der Waals surface area contributed by atoms with Gasteiger partial charge < -0.3 is 55.7 Å². The van der Waals surface area contributed by atoms with Crippen LogP contribution in [-0.2, 0) is 19.0 Å². The summed E-state index contributed by atoms with van der Waals surface area (Å²) in [6.07, 6.45) is -12.7. The normalized spacial score (nSPS) is 45.0. The Morgan fingerprint density at radius 2 is 1.70 bits per heavy atom. The molecular weight excluding hydrogens is 392 g/mol. The van der Waals surface area contributed by atoms with Crippen molar-refractivity contribution in [2.75, 3.05) is 19.8 Å². The molecule has 2 rings (SSSR count). The van der Waals surface area contributed by atoms with E-state index in [0.717, 1.165) is 0 Å². The lowest BCUT2D eigenvalue weighted by Crippen LogP contribution is -2.63. The molecule has 9 atom stereocenters. The van der Waals surface area contributed by atoms with Crippen molar-refractivity contribution >= 4 is 17.3 Å². The molecule has 27 heavy (non-hydrogen) atoms. The van der Waals surface area contributed by atoms with Crippen LogP contribution >= 0.6 is 12.2 Å². The molecule has 2 aliphatic rings. The highest BCUT2D eigenvalue weighted by Gasteiger charge is 2.58. The Morgan fingerprint density at radius 3 is 2.22 bits per heavy atom. The quantitative estimate of drug-likeness (QED) is 0.140. The second-order valence-electron chi connectivity index (χ2n) is 6.15. The number of hydroxylamine groups is 1. The van der Waals surface area contributed by atoms with Gasteiger partial charge in [-0.15, -0.1) is 0 Å². The molecule has 0 aromatic heterocycles. The molecule has 0 spiro atoms. The molecule has 0 amide bonds. The Hall–Kier alpha value is -0.750. The van der Waals surface area contributed by atoms with Crippen LogP contribution in [0, 0.1) is 0 Å². The molecule has 2 fully saturated rings. The minimum Gasteiger partial charge on any atom is -0.394 e. The number of ether oxygens (including phenoxy) is 3. The standard InChI is InChI=1S/C13H24N2O11S/c14-12(27)15-23-2-5-6(18)8(20)9(21)11(24-5)26-13(3-17)10(22)7(19)4(1-16)25-13/h4-11,16-22H,1-3H2,(H3,14,15,27)/t4-,5-,6-,7-,8+,9-,10+,11-,13+/m1/s1. The smallest absolute Gasteiger partial charge is 0.224 e. The second-order valence-corrected chi connectivity index (χ2v) is 6.59. The molecule has 2 aliphatic heterocycles. The molecule has 10 N–H and O–H groups in total. The number of aliphatic hydroxyl groups excluding tert-OH is 7. The SMILES string of the molecule is NC(=S)NOC[C@H]1O[C@H](O[C@]2(CO)O[C@H](CO)[C@@H](O)[C@@H]2O)[C@H](O)[C@@H](O)[C@@H]1O. The van der Waals surface area contributed by atoms with Gasteiger partial charge in [0.1, 0.15) is 55.9 Å². The van der Waals surface area contributed by atoms with Gasteiger partial charge in [-0.2, -0.15) is 0 Å². The number of rotatable bonds is 7. The second kappa shape index (κ2) is 9.17. The summed E-state index contributed by atoms with van der Waals surface area (Å²) in [5.41, 5.74) is 7.32. The predicted molar refractivity (Wildman–Crippen MR) is 87.4 cm³/mol. The van der Waals surface area contributed by atoms with Crippen molar-refractivity contribution in [1.29, 1.82) is 0 Å². The van der Waals surface area contributed by atoms with E-state index in [0.29, 0.717) is 0 Å². The zero-order valence-corrected chi connectivity index (χ0v) is 14.8. The first kappa shape index (κ1) is 22.5. The fourth-order valence-electron chi connectivity index (χ4n) is 2.81. The van der Waals surface area contributed by atoms with Crippen molar-refractivity contribution in [2.24, 2.45) is 5.73 Å². The summed E-state index contributed by atoms with van der Waals surface area (Å²) in [5.74, 6) is -2.25. The van der Waals surface area contributed by atoms with Gasteiger partial charge in [-0.25, -0.2) is 5.48 Å². The van der Waals surface area contributed by atoms with E-state index in [4.69, 9.17) is 29.9 Å². The molecule has 0 aromatic rings. The van der Waals surface area contributed by atoms with E-state index in [1.165, 1.54) is 0 Å². The molecule has 14 heteroatoms. The summed E-state index contributed by atoms with van der Waals surface area (Å²) in [4.78, 5) is 4.88. The van der Waals surface area contributed by atoms with Crippen LogP contribution < -0.4 is 11.2 Å². The average molecular weight is 416 g/mol. The van der Waals surface area contributed by atoms with Gasteiger partial charge in [0.05, 0.1) is 6.61 Å². The van der Waals surface area contributed by atoms with E-state index in [1.54, 1.807) is 0 Å². The van der Waals surface area contributed by atoms with E-state index in [9.17, 15) is 30.6 Å². The van der Waals surface area contributed by atoms with Crippen molar-refractivity contribution in [3.63, 3.8) is 0 Å². The number of thiocarbonyl (C=S) groups is 1. The molecule has 2 saturated heterocycles. The van der Waals surface area contributed by atoms with Crippen LogP contribution in [0.25, 0.3) is 0 Å². The molecule has 2 heterocycles. The van der Waals surface area contributed by atoms with Crippen LogP contribution in [0.5, 0.6) is 0 Å². The van der Waals surface area contributed by atoms with Gasteiger partial charge in [-0.05, 0) is 12.2 Å². The highest BCUT2D eigenvalue weighted by Crippen LogP contribution is 2.35. The number of hydrogen-bond donors (Lipinski definition) is 9. The molecule has 0 bridgehead atoms. The van der Waals surface area contributed by atoms with E-state index in [1.807, 2.05) is 0 Å². The average Bonchev–Trinajstić information content (AvgIpc) is 2.88. The Bertz CT molecular complexity index is 517. The van der Waals surface area contributed by atoms with Gasteiger partial charge in [0.15, 0.2) is 11.4 Å². The summed E-state index contributed by atoms with van der Waals surface area (Å²) >= 11 is 4.54. The first-order valence-corrected chi connectivity index (χ1v) is 8.38. The van der Waals surface area contributed by atoms with Gasteiger partial charge >= 0.3 is 0 Å². The maximum atomic E-state index is 10.1. The fourth-order valence-corrected chi connectivity index (χ4v) is 2.87. The van der Waals surface area contributed by atoms with E-state index in [2.05, 4.69) is 17.7 Å². The number of hydrogen-bond acceptors (Lipinski definition) is 12. The zero-order chi connectivity index (χ0) is 20.4. The van der Waals surface area contributed by atoms with Gasteiger partial charge in [0.25, 0.3) is 0 Å². The van der Waals surface area contributed by atoms with Crippen molar-refractivity contribution in [3.05, 3.63) is 0 Å². The summed E-state index contributed by atoms with van der Waals surface area (Å²) < 4.78 is 15.9.